The minimum absolute atomic E-state index is 0.102. The van der Waals surface area contributed by atoms with Crippen molar-refractivity contribution >= 4 is 5.78 Å². The van der Waals surface area contributed by atoms with Gasteiger partial charge < -0.3 is 0 Å². The first-order valence-corrected chi connectivity index (χ1v) is 4.93. The van der Waals surface area contributed by atoms with E-state index < -0.39 is 0 Å². The molecule has 0 atom stereocenters. The monoisotopic (exact) mass is 170 g/mol. The molecule has 0 fully saturated rings. The third-order valence-electron chi connectivity index (χ3n) is 2.59. The first-order valence-electron chi connectivity index (χ1n) is 4.93. The third-order valence-corrected chi connectivity index (χ3v) is 2.59. The summed E-state index contributed by atoms with van der Waals surface area (Å²) in [6.07, 6.45) is 2.73. The Bertz CT molecular complexity index is 145. The average Bonchev–Trinajstić information content (AvgIpc) is 2.00. The van der Waals surface area contributed by atoms with Gasteiger partial charge in [-0.15, -0.1) is 0 Å². The highest BCUT2D eigenvalue weighted by molar-refractivity contribution is 5.83. The number of Topliss-reactive ketones (excluding diaryl/α,β-unsaturated/α-hetero) is 1. The van der Waals surface area contributed by atoms with Crippen molar-refractivity contribution in [1.29, 1.82) is 0 Å². The van der Waals surface area contributed by atoms with Crippen molar-refractivity contribution in [2.24, 2.45) is 11.3 Å². The molecule has 1 heteroatoms. The molecular weight excluding hydrogens is 148 g/mol. The SMILES string of the molecule is CCC(C)(C)C(=O)CCC(C)C. The van der Waals surface area contributed by atoms with Crippen LogP contribution in [0.4, 0.5) is 0 Å². The molecule has 0 saturated carbocycles. The van der Waals surface area contributed by atoms with Crippen LogP contribution in [0.1, 0.15) is 53.9 Å². The van der Waals surface area contributed by atoms with Crippen LogP contribution in [0.15, 0.2) is 0 Å². The predicted octanol–water partition coefficient (Wildman–Crippen LogP) is 3.43. The lowest BCUT2D eigenvalue weighted by atomic mass is 9.82. The standard InChI is InChI=1S/C11H22O/c1-6-11(4,5)10(12)8-7-9(2)3/h9H,6-8H2,1-5H3. The Balaban J connectivity index is 3.88. The molecule has 12 heavy (non-hydrogen) atoms. The van der Waals surface area contributed by atoms with E-state index >= 15 is 0 Å². The summed E-state index contributed by atoms with van der Waals surface area (Å²) in [6, 6.07) is 0. The van der Waals surface area contributed by atoms with E-state index in [1.807, 2.05) is 13.8 Å². The highest BCUT2D eigenvalue weighted by Crippen LogP contribution is 2.24. The summed E-state index contributed by atoms with van der Waals surface area (Å²) in [4.78, 5) is 11.6. The fourth-order valence-electron chi connectivity index (χ4n) is 0.955. The molecule has 0 amide bonds. The highest BCUT2D eigenvalue weighted by atomic mass is 16.1. The topological polar surface area (TPSA) is 17.1 Å². The summed E-state index contributed by atoms with van der Waals surface area (Å²) < 4.78 is 0. The smallest absolute Gasteiger partial charge is 0.138 e. The largest absolute Gasteiger partial charge is 0.299 e. The van der Waals surface area contributed by atoms with Crippen LogP contribution in [0.3, 0.4) is 0 Å². The second-order valence-electron chi connectivity index (χ2n) is 4.59. The molecule has 0 radical (unpaired) electrons. The van der Waals surface area contributed by atoms with Crippen LogP contribution < -0.4 is 0 Å². The van der Waals surface area contributed by atoms with Gasteiger partial charge in [-0.2, -0.15) is 0 Å². The lowest BCUT2D eigenvalue weighted by Crippen LogP contribution is -2.23. The normalized spacial score (nSPS) is 12.2. The number of rotatable bonds is 5. The van der Waals surface area contributed by atoms with E-state index in [4.69, 9.17) is 0 Å². The van der Waals surface area contributed by atoms with Crippen molar-refractivity contribution < 1.29 is 4.79 Å². The Morgan fingerprint density at radius 1 is 1.33 bits per heavy atom. The number of carbonyl (C=O) groups is 1. The van der Waals surface area contributed by atoms with Gasteiger partial charge in [-0.3, -0.25) is 4.79 Å². The van der Waals surface area contributed by atoms with Gasteiger partial charge in [0, 0.05) is 11.8 Å². The molecule has 0 N–H and O–H groups in total. The van der Waals surface area contributed by atoms with Crippen LogP contribution in [0, 0.1) is 11.3 Å². The molecule has 0 bridgehead atoms. The maximum atomic E-state index is 11.6. The van der Waals surface area contributed by atoms with Crippen LogP contribution in [0.2, 0.25) is 0 Å². The van der Waals surface area contributed by atoms with Gasteiger partial charge in [0.25, 0.3) is 0 Å². The van der Waals surface area contributed by atoms with Crippen molar-refractivity contribution in [2.75, 3.05) is 0 Å². The van der Waals surface area contributed by atoms with Crippen molar-refractivity contribution in [3.63, 3.8) is 0 Å². The zero-order valence-electron chi connectivity index (χ0n) is 9.11. The summed E-state index contributed by atoms with van der Waals surface area (Å²) in [7, 11) is 0. The number of hydrogen-bond donors (Lipinski definition) is 0. The molecule has 0 heterocycles. The van der Waals surface area contributed by atoms with Gasteiger partial charge in [-0.05, 0) is 18.8 Å². The Labute approximate surface area is 76.6 Å². The predicted molar refractivity (Wildman–Crippen MR) is 53.2 cm³/mol. The van der Waals surface area contributed by atoms with Crippen LogP contribution in [0.25, 0.3) is 0 Å². The van der Waals surface area contributed by atoms with Gasteiger partial charge in [0.05, 0.1) is 0 Å². The van der Waals surface area contributed by atoms with Crippen molar-refractivity contribution in [2.45, 2.75) is 53.9 Å². The number of hydrogen-bond acceptors (Lipinski definition) is 1. The fourth-order valence-corrected chi connectivity index (χ4v) is 0.955. The van der Waals surface area contributed by atoms with E-state index in [1.54, 1.807) is 0 Å². The van der Waals surface area contributed by atoms with Gasteiger partial charge in [0.15, 0.2) is 0 Å². The summed E-state index contributed by atoms with van der Waals surface area (Å²) in [6.45, 7) is 10.5. The molecule has 1 nitrogen and oxygen atoms in total. The maximum Gasteiger partial charge on any atom is 0.138 e. The summed E-state index contributed by atoms with van der Waals surface area (Å²) in [5, 5.41) is 0. The lowest BCUT2D eigenvalue weighted by molar-refractivity contribution is -0.127. The van der Waals surface area contributed by atoms with Crippen LogP contribution in [0.5, 0.6) is 0 Å². The summed E-state index contributed by atoms with van der Waals surface area (Å²) in [5.74, 6) is 1.06. The van der Waals surface area contributed by atoms with E-state index in [2.05, 4.69) is 20.8 Å². The van der Waals surface area contributed by atoms with E-state index in [1.165, 1.54) is 0 Å². The Morgan fingerprint density at radius 3 is 2.17 bits per heavy atom. The van der Waals surface area contributed by atoms with Crippen LogP contribution >= 0.6 is 0 Å². The number of ketones is 1. The van der Waals surface area contributed by atoms with Gasteiger partial charge in [0.2, 0.25) is 0 Å². The molecule has 0 rings (SSSR count). The zero-order chi connectivity index (χ0) is 9.78. The van der Waals surface area contributed by atoms with E-state index in [9.17, 15) is 4.79 Å². The minimum atomic E-state index is -0.102. The second kappa shape index (κ2) is 4.64. The maximum absolute atomic E-state index is 11.6. The Kier molecular flexibility index (Phi) is 4.51. The molecule has 72 valence electrons. The van der Waals surface area contributed by atoms with Crippen LogP contribution in [-0.2, 0) is 4.79 Å². The Hall–Kier alpha value is -0.330. The van der Waals surface area contributed by atoms with Crippen LogP contribution in [-0.4, -0.2) is 5.78 Å². The number of carbonyl (C=O) groups excluding carboxylic acids is 1. The third kappa shape index (κ3) is 3.89. The average molecular weight is 170 g/mol. The molecule has 0 aromatic rings. The zero-order valence-corrected chi connectivity index (χ0v) is 9.11. The molecule has 0 saturated heterocycles. The molecular formula is C11H22O. The van der Waals surface area contributed by atoms with E-state index in [-0.39, 0.29) is 5.41 Å². The molecule has 0 spiro atoms. The second-order valence-corrected chi connectivity index (χ2v) is 4.59. The lowest BCUT2D eigenvalue weighted by Gasteiger charge is -2.21. The first-order chi connectivity index (χ1) is 5.40. The van der Waals surface area contributed by atoms with Crippen molar-refractivity contribution in [1.82, 2.24) is 0 Å². The van der Waals surface area contributed by atoms with Gasteiger partial charge in [-0.1, -0.05) is 34.6 Å². The van der Waals surface area contributed by atoms with E-state index in [0.717, 1.165) is 19.3 Å². The molecule has 0 aromatic heterocycles. The van der Waals surface area contributed by atoms with Crippen molar-refractivity contribution in [3.8, 4) is 0 Å². The van der Waals surface area contributed by atoms with Gasteiger partial charge in [0.1, 0.15) is 5.78 Å². The van der Waals surface area contributed by atoms with Gasteiger partial charge in [-0.25, -0.2) is 0 Å². The van der Waals surface area contributed by atoms with E-state index in [0.29, 0.717) is 11.7 Å². The minimum Gasteiger partial charge on any atom is -0.299 e. The summed E-state index contributed by atoms with van der Waals surface area (Å²) >= 11 is 0. The molecule has 0 aliphatic rings. The first kappa shape index (κ1) is 11.7. The molecule has 0 unspecified atom stereocenters. The quantitative estimate of drug-likeness (QED) is 0.618. The Morgan fingerprint density at radius 2 is 1.83 bits per heavy atom. The molecule has 0 aromatic carbocycles. The summed E-state index contributed by atoms with van der Waals surface area (Å²) in [5.41, 5.74) is -0.102. The van der Waals surface area contributed by atoms with Crippen molar-refractivity contribution in [3.05, 3.63) is 0 Å². The van der Waals surface area contributed by atoms with Gasteiger partial charge >= 0.3 is 0 Å². The fraction of sp³-hybridized carbons (Fsp3) is 0.909. The molecule has 0 aliphatic carbocycles. The highest BCUT2D eigenvalue weighted by Gasteiger charge is 2.24. The molecule has 0 aliphatic heterocycles.